The van der Waals surface area contributed by atoms with E-state index in [0.29, 0.717) is 19.0 Å². The lowest BCUT2D eigenvalue weighted by Crippen LogP contribution is -2.34. The number of carbonyl (C=O) groups is 1. The molecule has 1 atom stereocenters. The number of nitrogens with zero attached hydrogens (tertiary/aromatic N) is 5. The van der Waals surface area contributed by atoms with Gasteiger partial charge in [0.25, 0.3) is 0 Å². The second kappa shape index (κ2) is 6.70. The van der Waals surface area contributed by atoms with E-state index in [9.17, 15) is 4.79 Å². The molecule has 8 nitrogen and oxygen atoms in total. The number of amides is 1. The summed E-state index contributed by atoms with van der Waals surface area (Å²) >= 11 is 0. The van der Waals surface area contributed by atoms with Crippen LogP contribution in [0, 0.1) is 6.92 Å². The number of benzene rings is 1. The standard InChI is InChI=1S/C17H21N5O3/c1-12-18-19-20-22(12)11-17(23)21-7-2-4-14(21)13-5-6-15-16(10-13)25-9-3-8-24-15/h5-6,10,14H,2-4,7-9,11H2,1H3. The quantitative estimate of drug-likeness (QED) is 0.840. The molecular formula is C17H21N5O3. The van der Waals surface area contributed by atoms with Crippen LogP contribution in [-0.2, 0) is 11.3 Å². The van der Waals surface area contributed by atoms with Crippen molar-refractivity contribution in [3.63, 3.8) is 0 Å². The highest BCUT2D eigenvalue weighted by Gasteiger charge is 2.31. The van der Waals surface area contributed by atoms with Crippen molar-refractivity contribution in [1.82, 2.24) is 25.1 Å². The van der Waals surface area contributed by atoms with Crippen molar-refractivity contribution in [3.05, 3.63) is 29.6 Å². The van der Waals surface area contributed by atoms with Crippen molar-refractivity contribution in [2.45, 2.75) is 38.8 Å². The number of fused-ring (bicyclic) bond motifs is 1. The molecule has 0 saturated carbocycles. The van der Waals surface area contributed by atoms with E-state index in [1.165, 1.54) is 4.68 Å². The summed E-state index contributed by atoms with van der Waals surface area (Å²) in [6, 6.07) is 6.05. The number of aryl methyl sites for hydroxylation is 1. The van der Waals surface area contributed by atoms with Crippen LogP contribution >= 0.6 is 0 Å². The lowest BCUT2D eigenvalue weighted by molar-refractivity contribution is -0.133. The zero-order chi connectivity index (χ0) is 17.2. The maximum absolute atomic E-state index is 12.7. The fourth-order valence-corrected chi connectivity index (χ4v) is 3.41. The van der Waals surface area contributed by atoms with Crippen LogP contribution in [0.4, 0.5) is 0 Å². The van der Waals surface area contributed by atoms with Crippen molar-refractivity contribution in [2.75, 3.05) is 19.8 Å². The van der Waals surface area contributed by atoms with E-state index < -0.39 is 0 Å². The minimum atomic E-state index is 0.0324. The van der Waals surface area contributed by atoms with Gasteiger partial charge in [-0.25, -0.2) is 4.68 Å². The summed E-state index contributed by atoms with van der Waals surface area (Å²) in [4.78, 5) is 14.7. The predicted octanol–water partition coefficient (Wildman–Crippen LogP) is 1.51. The van der Waals surface area contributed by atoms with E-state index in [2.05, 4.69) is 15.5 Å². The largest absolute Gasteiger partial charge is 0.490 e. The van der Waals surface area contributed by atoms with Crippen molar-refractivity contribution in [2.24, 2.45) is 0 Å². The number of carbonyl (C=O) groups excluding carboxylic acids is 1. The van der Waals surface area contributed by atoms with Crippen molar-refractivity contribution in [3.8, 4) is 11.5 Å². The lowest BCUT2D eigenvalue weighted by Gasteiger charge is -2.25. The Hall–Kier alpha value is -2.64. The summed E-state index contributed by atoms with van der Waals surface area (Å²) in [5.41, 5.74) is 1.09. The minimum Gasteiger partial charge on any atom is -0.490 e. The maximum Gasteiger partial charge on any atom is 0.244 e. The Balaban J connectivity index is 1.54. The van der Waals surface area contributed by atoms with Gasteiger partial charge in [-0.2, -0.15) is 0 Å². The molecule has 0 bridgehead atoms. The van der Waals surface area contributed by atoms with E-state index >= 15 is 0 Å². The fraction of sp³-hybridized carbons (Fsp3) is 0.529. The number of likely N-dealkylation sites (tertiary alicyclic amines) is 1. The number of tetrazole rings is 1. The Morgan fingerprint density at radius 1 is 1.24 bits per heavy atom. The van der Waals surface area contributed by atoms with Crippen LogP contribution in [0.15, 0.2) is 18.2 Å². The molecule has 1 fully saturated rings. The first-order valence-corrected chi connectivity index (χ1v) is 8.64. The molecule has 0 aliphatic carbocycles. The van der Waals surface area contributed by atoms with Crippen LogP contribution in [0.3, 0.4) is 0 Å². The molecule has 2 aromatic rings. The smallest absolute Gasteiger partial charge is 0.244 e. The molecule has 4 rings (SSSR count). The van der Waals surface area contributed by atoms with Crippen molar-refractivity contribution < 1.29 is 14.3 Å². The van der Waals surface area contributed by atoms with Gasteiger partial charge >= 0.3 is 0 Å². The fourth-order valence-electron chi connectivity index (χ4n) is 3.41. The molecule has 8 heteroatoms. The van der Waals surface area contributed by atoms with Gasteiger partial charge in [0, 0.05) is 13.0 Å². The van der Waals surface area contributed by atoms with E-state index in [4.69, 9.17) is 9.47 Å². The van der Waals surface area contributed by atoms with Gasteiger partial charge in [0.05, 0.1) is 19.3 Å². The Morgan fingerprint density at radius 3 is 2.88 bits per heavy atom. The summed E-state index contributed by atoms with van der Waals surface area (Å²) in [6.45, 7) is 4.03. The highest BCUT2D eigenvalue weighted by molar-refractivity contribution is 5.77. The molecule has 1 unspecified atom stereocenters. The van der Waals surface area contributed by atoms with Crippen LogP contribution < -0.4 is 9.47 Å². The SMILES string of the molecule is Cc1nnnn1CC(=O)N1CCCC1c1ccc2c(c1)OCCCO2. The summed E-state index contributed by atoms with van der Waals surface area (Å²) in [7, 11) is 0. The van der Waals surface area contributed by atoms with Gasteiger partial charge in [-0.15, -0.1) is 5.10 Å². The molecule has 0 N–H and O–H groups in total. The Kier molecular flexibility index (Phi) is 4.25. The molecule has 0 spiro atoms. The topological polar surface area (TPSA) is 82.4 Å². The molecule has 2 aliphatic heterocycles. The van der Waals surface area contributed by atoms with E-state index in [1.807, 2.05) is 23.1 Å². The molecule has 132 valence electrons. The van der Waals surface area contributed by atoms with E-state index in [-0.39, 0.29) is 18.5 Å². The van der Waals surface area contributed by atoms with Gasteiger partial charge in [0.15, 0.2) is 11.5 Å². The number of ether oxygens (including phenoxy) is 2. The van der Waals surface area contributed by atoms with Crippen molar-refractivity contribution >= 4 is 5.91 Å². The van der Waals surface area contributed by atoms with Crippen molar-refractivity contribution in [1.29, 1.82) is 0 Å². The third-order valence-corrected chi connectivity index (χ3v) is 4.73. The molecule has 0 radical (unpaired) electrons. The zero-order valence-corrected chi connectivity index (χ0v) is 14.2. The molecule has 1 aromatic carbocycles. The molecule has 1 aromatic heterocycles. The summed E-state index contributed by atoms with van der Waals surface area (Å²) in [5.74, 6) is 2.22. The first-order valence-electron chi connectivity index (χ1n) is 8.64. The van der Waals surface area contributed by atoms with Crippen LogP contribution in [-0.4, -0.2) is 50.8 Å². The van der Waals surface area contributed by atoms with Gasteiger partial charge in [-0.05, 0) is 47.9 Å². The zero-order valence-electron chi connectivity index (χ0n) is 14.2. The monoisotopic (exact) mass is 343 g/mol. The highest BCUT2D eigenvalue weighted by Crippen LogP contribution is 2.38. The third-order valence-electron chi connectivity index (χ3n) is 4.73. The van der Waals surface area contributed by atoms with Crippen LogP contribution in [0.2, 0.25) is 0 Å². The summed E-state index contributed by atoms with van der Waals surface area (Å²) < 4.78 is 13.0. The molecule has 1 saturated heterocycles. The second-order valence-electron chi connectivity index (χ2n) is 6.39. The Morgan fingerprint density at radius 2 is 2.08 bits per heavy atom. The van der Waals surface area contributed by atoms with Gasteiger partial charge < -0.3 is 14.4 Å². The molecule has 1 amide bonds. The number of aromatic nitrogens is 4. The van der Waals surface area contributed by atoms with Crippen LogP contribution in [0.25, 0.3) is 0 Å². The number of rotatable bonds is 3. The summed E-state index contributed by atoms with van der Waals surface area (Å²) in [6.07, 6.45) is 2.81. The van der Waals surface area contributed by atoms with Gasteiger partial charge in [0.1, 0.15) is 12.4 Å². The predicted molar refractivity (Wildman–Crippen MR) is 88.3 cm³/mol. The molecule has 2 aliphatic rings. The first kappa shape index (κ1) is 15.9. The van der Waals surface area contributed by atoms with E-state index in [1.54, 1.807) is 6.92 Å². The van der Waals surface area contributed by atoms with E-state index in [0.717, 1.165) is 42.9 Å². The average Bonchev–Trinajstić information content (AvgIpc) is 3.18. The number of hydrogen-bond acceptors (Lipinski definition) is 6. The highest BCUT2D eigenvalue weighted by atomic mass is 16.5. The Labute approximate surface area is 145 Å². The Bertz CT molecular complexity index is 775. The normalized spacial score (nSPS) is 19.7. The maximum atomic E-state index is 12.7. The van der Waals surface area contributed by atoms with Gasteiger partial charge in [-0.3, -0.25) is 4.79 Å². The molecule has 3 heterocycles. The minimum absolute atomic E-state index is 0.0324. The lowest BCUT2D eigenvalue weighted by atomic mass is 10.0. The third kappa shape index (κ3) is 3.16. The second-order valence-corrected chi connectivity index (χ2v) is 6.39. The van der Waals surface area contributed by atoms with Crippen LogP contribution in [0.5, 0.6) is 11.5 Å². The number of hydrogen-bond donors (Lipinski definition) is 0. The van der Waals surface area contributed by atoms with Crippen LogP contribution in [0.1, 0.15) is 36.7 Å². The van der Waals surface area contributed by atoms with Gasteiger partial charge in [-0.1, -0.05) is 6.07 Å². The average molecular weight is 343 g/mol. The van der Waals surface area contributed by atoms with Gasteiger partial charge in [0.2, 0.25) is 5.91 Å². The molecular weight excluding hydrogens is 322 g/mol. The molecule has 25 heavy (non-hydrogen) atoms. The first-order chi connectivity index (χ1) is 12.2. The summed E-state index contributed by atoms with van der Waals surface area (Å²) in [5, 5.41) is 11.3.